The summed E-state index contributed by atoms with van der Waals surface area (Å²) in [5, 5.41) is 4.44. The molecule has 0 unspecified atom stereocenters. The second kappa shape index (κ2) is 8.64. The molecule has 4 heterocycles. The Hall–Kier alpha value is -1.89. The Balaban J connectivity index is 1.22. The van der Waals surface area contributed by atoms with Crippen molar-refractivity contribution in [2.24, 2.45) is 0 Å². The van der Waals surface area contributed by atoms with Crippen LogP contribution < -0.4 is 4.90 Å². The van der Waals surface area contributed by atoms with Gasteiger partial charge in [-0.25, -0.2) is 4.68 Å². The van der Waals surface area contributed by atoms with E-state index in [1.54, 1.807) is 4.90 Å². The van der Waals surface area contributed by atoms with Gasteiger partial charge in [0.1, 0.15) is 5.82 Å². The van der Waals surface area contributed by atoms with E-state index in [0.29, 0.717) is 38.4 Å². The lowest BCUT2D eigenvalue weighted by Gasteiger charge is -2.40. The van der Waals surface area contributed by atoms with Crippen molar-refractivity contribution in [3.63, 3.8) is 0 Å². The second-order valence-corrected chi connectivity index (χ2v) is 8.47. The van der Waals surface area contributed by atoms with Crippen molar-refractivity contribution in [2.75, 3.05) is 37.6 Å². The normalized spacial score (nSPS) is 21.8. The number of rotatable bonds is 5. The molecule has 3 aliphatic rings. The molecule has 0 saturated carbocycles. The third-order valence-corrected chi connectivity index (χ3v) is 6.49. The Bertz CT molecular complexity index is 702. The second-order valence-electron chi connectivity index (χ2n) is 8.47. The van der Waals surface area contributed by atoms with Crippen molar-refractivity contribution in [3.05, 3.63) is 11.8 Å². The lowest BCUT2D eigenvalue weighted by molar-refractivity contribution is -0.133. The van der Waals surface area contributed by atoms with Crippen LogP contribution in [0.25, 0.3) is 0 Å². The molecule has 2 amide bonds. The number of carbonyl (C=O) groups excluding carboxylic acids is 2. The van der Waals surface area contributed by atoms with Gasteiger partial charge in [0.15, 0.2) is 0 Å². The van der Waals surface area contributed by atoms with Gasteiger partial charge in [0.2, 0.25) is 11.8 Å². The first-order valence-electron chi connectivity index (χ1n) is 11.0. The number of hydrogen-bond acceptors (Lipinski definition) is 4. The molecule has 0 radical (unpaired) electrons. The van der Waals surface area contributed by atoms with E-state index in [1.165, 1.54) is 32.4 Å². The number of likely N-dealkylation sites (tertiary alicyclic amines) is 2. The Morgan fingerprint density at radius 2 is 1.86 bits per heavy atom. The smallest absolute Gasteiger partial charge is 0.229 e. The molecule has 0 spiro atoms. The molecule has 4 rings (SSSR count). The van der Waals surface area contributed by atoms with Gasteiger partial charge in [0, 0.05) is 44.6 Å². The van der Waals surface area contributed by atoms with Crippen LogP contribution in [0.1, 0.15) is 57.1 Å². The molecule has 7 heteroatoms. The van der Waals surface area contributed by atoms with Gasteiger partial charge in [-0.15, -0.1) is 0 Å². The highest BCUT2D eigenvalue weighted by Crippen LogP contribution is 2.24. The van der Waals surface area contributed by atoms with Gasteiger partial charge in [0.25, 0.3) is 0 Å². The molecule has 0 N–H and O–H groups in total. The zero-order chi connectivity index (χ0) is 19.5. The van der Waals surface area contributed by atoms with E-state index >= 15 is 0 Å². The van der Waals surface area contributed by atoms with Crippen molar-refractivity contribution in [1.82, 2.24) is 19.6 Å². The lowest BCUT2D eigenvalue weighted by atomic mass is 9.99. The quantitative estimate of drug-likeness (QED) is 0.777. The third-order valence-electron chi connectivity index (χ3n) is 6.49. The highest BCUT2D eigenvalue weighted by molar-refractivity contribution is 5.93. The number of carbonyl (C=O) groups is 2. The van der Waals surface area contributed by atoms with E-state index in [2.05, 4.69) is 10.00 Å². The fraction of sp³-hybridized carbons (Fsp3) is 0.762. The molecule has 0 aromatic carbocycles. The number of aromatic nitrogens is 2. The first-order valence-corrected chi connectivity index (χ1v) is 11.0. The summed E-state index contributed by atoms with van der Waals surface area (Å²) in [7, 11) is 0. The predicted octanol–water partition coefficient (Wildman–Crippen LogP) is 2.19. The standard InChI is InChI=1S/C21H33N5O2/c1-17-16-19-25(21(28)9-15-26(19)22-17)12-5-6-20(27)24-13-7-18(8-14-24)23-10-3-2-4-11-23/h16,18H,2-15H2,1H3. The predicted molar refractivity (Wildman–Crippen MR) is 108 cm³/mol. The van der Waals surface area contributed by atoms with E-state index in [9.17, 15) is 9.59 Å². The van der Waals surface area contributed by atoms with Gasteiger partial charge in [-0.2, -0.15) is 5.10 Å². The number of amides is 2. The van der Waals surface area contributed by atoms with Gasteiger partial charge in [-0.1, -0.05) is 6.42 Å². The van der Waals surface area contributed by atoms with Crippen LogP contribution in [0.3, 0.4) is 0 Å². The maximum absolute atomic E-state index is 12.6. The van der Waals surface area contributed by atoms with Gasteiger partial charge in [0.05, 0.1) is 12.2 Å². The molecule has 0 atom stereocenters. The maximum atomic E-state index is 12.6. The molecular formula is C21H33N5O2. The molecule has 1 aromatic rings. The summed E-state index contributed by atoms with van der Waals surface area (Å²) in [6.45, 7) is 7.44. The third kappa shape index (κ3) is 4.24. The first-order chi connectivity index (χ1) is 13.6. The van der Waals surface area contributed by atoms with Gasteiger partial charge < -0.3 is 9.80 Å². The molecular weight excluding hydrogens is 354 g/mol. The Kier molecular flexibility index (Phi) is 5.99. The number of piperidine rings is 2. The van der Waals surface area contributed by atoms with Crippen LogP contribution in [0.5, 0.6) is 0 Å². The highest BCUT2D eigenvalue weighted by atomic mass is 16.2. The summed E-state index contributed by atoms with van der Waals surface area (Å²) in [5.74, 6) is 1.26. The maximum Gasteiger partial charge on any atom is 0.229 e. The summed E-state index contributed by atoms with van der Waals surface area (Å²) >= 11 is 0. The SMILES string of the molecule is Cc1cc2n(n1)CCC(=O)N2CCCC(=O)N1CCC(N2CCCCC2)CC1. The first kappa shape index (κ1) is 19.4. The van der Waals surface area contributed by atoms with Gasteiger partial charge >= 0.3 is 0 Å². The van der Waals surface area contributed by atoms with Crippen LogP contribution >= 0.6 is 0 Å². The van der Waals surface area contributed by atoms with Crippen LogP contribution in [0.4, 0.5) is 5.82 Å². The minimum atomic E-state index is 0.141. The van der Waals surface area contributed by atoms with Crippen LogP contribution in [-0.4, -0.2) is 70.2 Å². The number of aryl methyl sites for hydroxylation is 2. The van der Waals surface area contributed by atoms with Crippen molar-refractivity contribution < 1.29 is 9.59 Å². The Morgan fingerprint density at radius 3 is 2.61 bits per heavy atom. The highest BCUT2D eigenvalue weighted by Gasteiger charge is 2.28. The van der Waals surface area contributed by atoms with E-state index in [1.807, 2.05) is 22.6 Å². The number of nitrogens with zero attached hydrogens (tertiary/aromatic N) is 5. The zero-order valence-corrected chi connectivity index (χ0v) is 17.1. The van der Waals surface area contributed by atoms with E-state index in [0.717, 1.165) is 37.4 Å². The molecule has 0 aliphatic carbocycles. The summed E-state index contributed by atoms with van der Waals surface area (Å²) in [6, 6.07) is 2.63. The number of hydrogen-bond donors (Lipinski definition) is 0. The molecule has 3 aliphatic heterocycles. The fourth-order valence-corrected chi connectivity index (χ4v) is 4.93. The molecule has 7 nitrogen and oxygen atoms in total. The van der Waals surface area contributed by atoms with E-state index < -0.39 is 0 Å². The van der Waals surface area contributed by atoms with E-state index in [4.69, 9.17) is 0 Å². The molecule has 2 fully saturated rings. The van der Waals surface area contributed by atoms with Gasteiger partial charge in [-0.05, 0) is 52.1 Å². The van der Waals surface area contributed by atoms with Crippen LogP contribution in [0, 0.1) is 6.92 Å². The fourth-order valence-electron chi connectivity index (χ4n) is 4.93. The van der Waals surface area contributed by atoms with Crippen LogP contribution in [0.15, 0.2) is 6.07 Å². The zero-order valence-electron chi connectivity index (χ0n) is 17.1. The van der Waals surface area contributed by atoms with Crippen LogP contribution in [-0.2, 0) is 16.1 Å². The van der Waals surface area contributed by atoms with Gasteiger partial charge in [-0.3, -0.25) is 14.5 Å². The Morgan fingerprint density at radius 1 is 1.11 bits per heavy atom. The molecule has 1 aromatic heterocycles. The van der Waals surface area contributed by atoms with Crippen molar-refractivity contribution >= 4 is 17.6 Å². The van der Waals surface area contributed by atoms with E-state index in [-0.39, 0.29) is 11.8 Å². The average Bonchev–Trinajstić information content (AvgIpc) is 3.11. The average molecular weight is 388 g/mol. The molecule has 2 saturated heterocycles. The monoisotopic (exact) mass is 387 g/mol. The molecule has 0 bridgehead atoms. The number of fused-ring (bicyclic) bond motifs is 1. The minimum absolute atomic E-state index is 0.141. The summed E-state index contributed by atoms with van der Waals surface area (Å²) < 4.78 is 1.91. The van der Waals surface area contributed by atoms with Crippen molar-refractivity contribution in [1.29, 1.82) is 0 Å². The summed E-state index contributed by atoms with van der Waals surface area (Å²) in [6.07, 6.45) is 7.95. The summed E-state index contributed by atoms with van der Waals surface area (Å²) in [5.41, 5.74) is 0.933. The topological polar surface area (TPSA) is 61.7 Å². The summed E-state index contributed by atoms with van der Waals surface area (Å²) in [4.78, 5) is 31.4. The van der Waals surface area contributed by atoms with Crippen LogP contribution in [0.2, 0.25) is 0 Å². The largest absolute Gasteiger partial charge is 0.343 e. The molecule has 154 valence electrons. The van der Waals surface area contributed by atoms with Crippen molar-refractivity contribution in [3.8, 4) is 0 Å². The lowest BCUT2D eigenvalue weighted by Crippen LogP contribution is -2.48. The molecule has 28 heavy (non-hydrogen) atoms. The van der Waals surface area contributed by atoms with Crippen molar-refractivity contribution in [2.45, 2.75) is 70.9 Å². The number of anilines is 1. The Labute approximate surface area is 167 Å². The minimum Gasteiger partial charge on any atom is -0.343 e.